The smallest absolute Gasteiger partial charge is 0.244 e. The van der Waals surface area contributed by atoms with E-state index in [4.69, 9.17) is 4.52 Å². The Morgan fingerprint density at radius 2 is 1.73 bits per heavy atom. The highest BCUT2D eigenvalue weighted by atomic mass is 32.2. The SMILES string of the molecule is CC(c1nc(-c2ccccc2)no1)N1CCCN(S(=O)(=O)c2ccc(F)cc2)CC1. The molecule has 1 saturated heterocycles. The highest BCUT2D eigenvalue weighted by molar-refractivity contribution is 7.89. The Hall–Kier alpha value is -2.62. The van der Waals surface area contributed by atoms with Crippen molar-refractivity contribution in [3.05, 3.63) is 66.3 Å². The van der Waals surface area contributed by atoms with Crippen molar-refractivity contribution in [2.75, 3.05) is 26.2 Å². The molecule has 3 aromatic rings. The van der Waals surface area contributed by atoms with Crippen LogP contribution in [0.2, 0.25) is 0 Å². The number of aromatic nitrogens is 2. The quantitative estimate of drug-likeness (QED) is 0.618. The van der Waals surface area contributed by atoms with Gasteiger partial charge in [-0.05, 0) is 37.6 Å². The van der Waals surface area contributed by atoms with Crippen LogP contribution in [-0.4, -0.2) is 53.9 Å². The molecular formula is C21H23FN4O3S. The molecule has 0 N–H and O–H groups in total. The Morgan fingerprint density at radius 1 is 1.00 bits per heavy atom. The van der Waals surface area contributed by atoms with Gasteiger partial charge in [0, 0.05) is 31.7 Å². The maximum Gasteiger partial charge on any atom is 0.244 e. The van der Waals surface area contributed by atoms with Gasteiger partial charge >= 0.3 is 0 Å². The van der Waals surface area contributed by atoms with E-state index in [9.17, 15) is 12.8 Å². The Kier molecular flexibility index (Phi) is 5.94. The molecule has 1 atom stereocenters. The van der Waals surface area contributed by atoms with Crippen molar-refractivity contribution in [1.29, 1.82) is 0 Å². The maximum atomic E-state index is 13.2. The predicted octanol–water partition coefficient (Wildman–Crippen LogP) is 3.33. The fourth-order valence-electron chi connectivity index (χ4n) is 3.56. The standard InChI is InChI=1S/C21H23FN4O3S/c1-16(21-23-20(24-29-21)17-6-3-2-4-7-17)25-12-5-13-26(15-14-25)30(27,28)19-10-8-18(22)9-11-19/h2-4,6-11,16H,5,12-15H2,1H3. The summed E-state index contributed by atoms with van der Waals surface area (Å²) in [6.45, 7) is 3.96. The lowest BCUT2D eigenvalue weighted by atomic mass is 10.2. The van der Waals surface area contributed by atoms with E-state index in [1.165, 1.54) is 28.6 Å². The molecule has 0 amide bonds. The summed E-state index contributed by atoms with van der Waals surface area (Å²) in [5.74, 6) is 0.579. The molecule has 30 heavy (non-hydrogen) atoms. The first-order valence-electron chi connectivity index (χ1n) is 9.84. The summed E-state index contributed by atoms with van der Waals surface area (Å²) in [7, 11) is -3.66. The lowest BCUT2D eigenvalue weighted by Gasteiger charge is -2.25. The number of benzene rings is 2. The van der Waals surface area contributed by atoms with Crippen molar-refractivity contribution in [2.45, 2.75) is 24.3 Å². The molecule has 1 fully saturated rings. The minimum Gasteiger partial charge on any atom is -0.337 e. The van der Waals surface area contributed by atoms with Crippen LogP contribution in [0.4, 0.5) is 4.39 Å². The van der Waals surface area contributed by atoms with Gasteiger partial charge in [-0.1, -0.05) is 35.5 Å². The van der Waals surface area contributed by atoms with Crippen molar-refractivity contribution < 1.29 is 17.3 Å². The van der Waals surface area contributed by atoms with Crippen LogP contribution in [0.3, 0.4) is 0 Å². The number of nitrogens with zero attached hydrogens (tertiary/aromatic N) is 4. The van der Waals surface area contributed by atoms with Gasteiger partial charge in [0.15, 0.2) is 0 Å². The summed E-state index contributed by atoms with van der Waals surface area (Å²) in [5.41, 5.74) is 0.882. The second-order valence-electron chi connectivity index (χ2n) is 7.25. The second kappa shape index (κ2) is 8.63. The molecule has 1 unspecified atom stereocenters. The monoisotopic (exact) mass is 430 g/mol. The van der Waals surface area contributed by atoms with Crippen LogP contribution in [0.25, 0.3) is 11.4 Å². The van der Waals surface area contributed by atoms with Gasteiger partial charge in [-0.15, -0.1) is 0 Å². The van der Waals surface area contributed by atoms with Gasteiger partial charge in [-0.3, -0.25) is 4.90 Å². The molecule has 9 heteroatoms. The zero-order valence-electron chi connectivity index (χ0n) is 16.6. The molecule has 2 heterocycles. The third kappa shape index (κ3) is 4.28. The summed E-state index contributed by atoms with van der Waals surface area (Å²) in [6.07, 6.45) is 0.671. The highest BCUT2D eigenvalue weighted by Gasteiger charge is 2.30. The summed E-state index contributed by atoms with van der Waals surface area (Å²) in [6, 6.07) is 14.4. The van der Waals surface area contributed by atoms with Crippen LogP contribution in [0, 0.1) is 5.82 Å². The molecule has 0 aliphatic carbocycles. The zero-order valence-corrected chi connectivity index (χ0v) is 17.4. The van der Waals surface area contributed by atoms with Crippen LogP contribution in [-0.2, 0) is 10.0 Å². The van der Waals surface area contributed by atoms with Crippen LogP contribution < -0.4 is 0 Å². The number of rotatable bonds is 5. The number of hydrogen-bond acceptors (Lipinski definition) is 6. The van der Waals surface area contributed by atoms with Crippen molar-refractivity contribution in [2.24, 2.45) is 0 Å². The molecule has 1 aromatic heterocycles. The lowest BCUT2D eigenvalue weighted by Crippen LogP contribution is -2.36. The van der Waals surface area contributed by atoms with E-state index in [1.54, 1.807) is 0 Å². The van der Waals surface area contributed by atoms with Crippen molar-refractivity contribution >= 4 is 10.0 Å². The third-order valence-electron chi connectivity index (χ3n) is 5.32. The van der Waals surface area contributed by atoms with Crippen LogP contribution in [0.5, 0.6) is 0 Å². The van der Waals surface area contributed by atoms with Gasteiger partial charge in [-0.2, -0.15) is 9.29 Å². The Morgan fingerprint density at radius 3 is 2.47 bits per heavy atom. The molecule has 0 spiro atoms. The number of hydrogen-bond donors (Lipinski definition) is 0. The van der Waals surface area contributed by atoms with Gasteiger partial charge in [0.2, 0.25) is 21.7 Å². The van der Waals surface area contributed by atoms with Gasteiger partial charge < -0.3 is 4.52 Å². The molecule has 0 bridgehead atoms. The van der Waals surface area contributed by atoms with E-state index in [0.717, 1.165) is 5.56 Å². The fourth-order valence-corrected chi connectivity index (χ4v) is 5.03. The average molecular weight is 431 g/mol. The van der Waals surface area contributed by atoms with E-state index in [2.05, 4.69) is 15.0 Å². The summed E-state index contributed by atoms with van der Waals surface area (Å²) >= 11 is 0. The summed E-state index contributed by atoms with van der Waals surface area (Å²) in [4.78, 5) is 6.77. The second-order valence-corrected chi connectivity index (χ2v) is 9.18. The first kappa shape index (κ1) is 20.6. The summed E-state index contributed by atoms with van der Waals surface area (Å²) in [5, 5.41) is 4.08. The minimum absolute atomic E-state index is 0.106. The van der Waals surface area contributed by atoms with Crippen molar-refractivity contribution in [3.63, 3.8) is 0 Å². The van der Waals surface area contributed by atoms with Gasteiger partial charge in [-0.25, -0.2) is 12.8 Å². The van der Waals surface area contributed by atoms with Crippen molar-refractivity contribution in [3.8, 4) is 11.4 Å². The topological polar surface area (TPSA) is 79.5 Å². The highest BCUT2D eigenvalue weighted by Crippen LogP contribution is 2.25. The summed E-state index contributed by atoms with van der Waals surface area (Å²) < 4.78 is 45.9. The normalized spacial score (nSPS) is 17.5. The van der Waals surface area contributed by atoms with E-state index in [-0.39, 0.29) is 10.9 Å². The lowest BCUT2D eigenvalue weighted by molar-refractivity contribution is 0.181. The van der Waals surface area contributed by atoms with E-state index >= 15 is 0 Å². The van der Waals surface area contributed by atoms with Gasteiger partial charge in [0.1, 0.15) is 5.82 Å². The average Bonchev–Trinajstić information content (AvgIpc) is 3.11. The maximum absolute atomic E-state index is 13.2. The molecule has 0 saturated carbocycles. The van der Waals surface area contributed by atoms with E-state index in [1.807, 2.05) is 37.3 Å². The van der Waals surface area contributed by atoms with Crippen LogP contribution in [0.1, 0.15) is 25.3 Å². The number of sulfonamides is 1. The Bertz CT molecular complexity index is 1090. The Labute approximate surface area is 175 Å². The molecule has 0 radical (unpaired) electrons. The minimum atomic E-state index is -3.66. The zero-order chi connectivity index (χ0) is 21.1. The molecule has 1 aliphatic heterocycles. The third-order valence-corrected chi connectivity index (χ3v) is 7.23. The molecule has 2 aromatic carbocycles. The van der Waals surface area contributed by atoms with Gasteiger partial charge in [0.25, 0.3) is 0 Å². The molecular weight excluding hydrogens is 407 g/mol. The molecule has 4 rings (SSSR count). The van der Waals surface area contributed by atoms with E-state index in [0.29, 0.717) is 44.3 Å². The first-order valence-corrected chi connectivity index (χ1v) is 11.3. The number of halogens is 1. The Balaban J connectivity index is 1.45. The molecule has 158 valence electrons. The van der Waals surface area contributed by atoms with Crippen molar-refractivity contribution in [1.82, 2.24) is 19.3 Å². The fraction of sp³-hybridized carbons (Fsp3) is 0.333. The first-order chi connectivity index (χ1) is 14.4. The van der Waals surface area contributed by atoms with Crippen LogP contribution in [0.15, 0.2) is 64.0 Å². The molecule has 1 aliphatic rings. The predicted molar refractivity (Wildman–Crippen MR) is 109 cm³/mol. The van der Waals surface area contributed by atoms with Crippen LogP contribution >= 0.6 is 0 Å². The van der Waals surface area contributed by atoms with Gasteiger partial charge in [0.05, 0.1) is 10.9 Å². The molecule has 7 nitrogen and oxygen atoms in total. The van der Waals surface area contributed by atoms with E-state index < -0.39 is 15.8 Å². The largest absolute Gasteiger partial charge is 0.337 e.